The van der Waals surface area contributed by atoms with Crippen molar-refractivity contribution in [3.05, 3.63) is 35.4 Å². The van der Waals surface area contributed by atoms with Gasteiger partial charge in [0.2, 0.25) is 0 Å². The van der Waals surface area contributed by atoms with Crippen LogP contribution in [0.25, 0.3) is 5.57 Å². The fourth-order valence-electron chi connectivity index (χ4n) is 2.80. The van der Waals surface area contributed by atoms with Crippen LogP contribution in [0.1, 0.15) is 37.7 Å². The van der Waals surface area contributed by atoms with Crippen LogP contribution < -0.4 is 4.74 Å². The van der Waals surface area contributed by atoms with Crippen molar-refractivity contribution in [2.75, 3.05) is 27.7 Å². The summed E-state index contributed by atoms with van der Waals surface area (Å²) in [5.41, 5.74) is 4.53. The average molecular weight is 259 g/mol. The Hall–Kier alpha value is -1.28. The maximum absolute atomic E-state index is 5.25. The Bertz CT molecular complexity index is 423. The molecular formula is C17H25NO. The molecule has 1 fully saturated rings. The number of ether oxygens (including phenoxy) is 1. The van der Waals surface area contributed by atoms with Gasteiger partial charge in [-0.2, -0.15) is 0 Å². The third-order valence-electron chi connectivity index (χ3n) is 3.80. The van der Waals surface area contributed by atoms with Crippen LogP contribution in [0.15, 0.2) is 29.8 Å². The van der Waals surface area contributed by atoms with Gasteiger partial charge in [-0.1, -0.05) is 24.1 Å². The first kappa shape index (κ1) is 14.1. The van der Waals surface area contributed by atoms with Gasteiger partial charge in [0.25, 0.3) is 0 Å². The molecule has 2 rings (SSSR count). The molecule has 0 aromatic heterocycles. The van der Waals surface area contributed by atoms with E-state index in [0.717, 1.165) is 12.3 Å². The molecule has 0 saturated heterocycles. The SMILES string of the molecule is COc1ccc(C(CN(C)C)=C2CCCCC2)cc1. The zero-order valence-electron chi connectivity index (χ0n) is 12.4. The molecule has 1 saturated carbocycles. The standard InChI is InChI=1S/C17H25NO/c1-18(2)13-17(14-7-5-4-6-8-14)15-9-11-16(19-3)12-10-15/h9-12H,4-8,13H2,1-3H3. The van der Waals surface area contributed by atoms with Gasteiger partial charge >= 0.3 is 0 Å². The maximum atomic E-state index is 5.25. The summed E-state index contributed by atoms with van der Waals surface area (Å²) in [6.07, 6.45) is 6.64. The van der Waals surface area contributed by atoms with E-state index < -0.39 is 0 Å². The lowest BCUT2D eigenvalue weighted by Crippen LogP contribution is -2.16. The van der Waals surface area contributed by atoms with E-state index in [-0.39, 0.29) is 0 Å². The van der Waals surface area contributed by atoms with E-state index in [0.29, 0.717) is 0 Å². The van der Waals surface area contributed by atoms with Crippen LogP contribution in [0.4, 0.5) is 0 Å². The Morgan fingerprint density at radius 1 is 1.05 bits per heavy atom. The zero-order chi connectivity index (χ0) is 13.7. The normalized spacial score (nSPS) is 15.7. The molecule has 0 amide bonds. The predicted molar refractivity (Wildman–Crippen MR) is 81.6 cm³/mol. The van der Waals surface area contributed by atoms with E-state index in [4.69, 9.17) is 4.74 Å². The van der Waals surface area contributed by atoms with E-state index >= 15 is 0 Å². The lowest BCUT2D eigenvalue weighted by atomic mass is 9.88. The third kappa shape index (κ3) is 3.84. The molecule has 2 nitrogen and oxygen atoms in total. The quantitative estimate of drug-likeness (QED) is 0.811. The highest BCUT2D eigenvalue weighted by atomic mass is 16.5. The lowest BCUT2D eigenvalue weighted by Gasteiger charge is -2.22. The van der Waals surface area contributed by atoms with Gasteiger partial charge in [0.15, 0.2) is 0 Å². The number of allylic oxidation sites excluding steroid dienone is 1. The Balaban J connectivity index is 2.30. The van der Waals surface area contributed by atoms with Crippen LogP contribution in [0, 0.1) is 0 Å². The Morgan fingerprint density at radius 3 is 2.21 bits per heavy atom. The van der Waals surface area contributed by atoms with Gasteiger partial charge in [-0.25, -0.2) is 0 Å². The minimum absolute atomic E-state index is 0.932. The molecule has 0 radical (unpaired) electrons. The number of hydrogen-bond acceptors (Lipinski definition) is 2. The molecule has 0 atom stereocenters. The molecule has 0 spiro atoms. The van der Waals surface area contributed by atoms with Crippen molar-refractivity contribution in [1.82, 2.24) is 4.90 Å². The van der Waals surface area contributed by atoms with Gasteiger partial charge < -0.3 is 9.64 Å². The minimum atomic E-state index is 0.932. The van der Waals surface area contributed by atoms with Crippen LogP contribution in [0.5, 0.6) is 5.75 Å². The van der Waals surface area contributed by atoms with E-state index in [9.17, 15) is 0 Å². The van der Waals surface area contributed by atoms with Crippen molar-refractivity contribution < 1.29 is 4.74 Å². The van der Waals surface area contributed by atoms with Crippen LogP contribution in [-0.4, -0.2) is 32.6 Å². The lowest BCUT2D eigenvalue weighted by molar-refractivity contribution is 0.414. The van der Waals surface area contributed by atoms with Gasteiger partial charge in [-0.15, -0.1) is 0 Å². The first-order chi connectivity index (χ1) is 9.20. The molecule has 0 unspecified atom stereocenters. The van der Waals surface area contributed by atoms with Crippen molar-refractivity contribution in [2.45, 2.75) is 32.1 Å². The van der Waals surface area contributed by atoms with Crippen LogP contribution in [0.3, 0.4) is 0 Å². The first-order valence-electron chi connectivity index (χ1n) is 7.21. The first-order valence-corrected chi connectivity index (χ1v) is 7.21. The molecular weight excluding hydrogens is 234 g/mol. The topological polar surface area (TPSA) is 12.5 Å². The largest absolute Gasteiger partial charge is 0.497 e. The zero-order valence-corrected chi connectivity index (χ0v) is 12.4. The van der Waals surface area contributed by atoms with Crippen molar-refractivity contribution in [2.24, 2.45) is 0 Å². The Morgan fingerprint density at radius 2 is 1.68 bits per heavy atom. The summed E-state index contributed by atoms with van der Waals surface area (Å²) >= 11 is 0. The maximum Gasteiger partial charge on any atom is 0.118 e. The molecule has 1 aliphatic carbocycles. The minimum Gasteiger partial charge on any atom is -0.497 e. The fourth-order valence-corrected chi connectivity index (χ4v) is 2.80. The number of nitrogens with zero attached hydrogens (tertiary/aromatic N) is 1. The second kappa shape index (κ2) is 6.76. The Labute approximate surface area is 117 Å². The summed E-state index contributed by atoms with van der Waals surface area (Å²) in [5.74, 6) is 0.932. The average Bonchev–Trinajstić information content (AvgIpc) is 2.46. The van der Waals surface area contributed by atoms with Gasteiger partial charge in [0, 0.05) is 6.54 Å². The number of likely N-dealkylation sites (N-methyl/N-ethyl adjacent to an activating group) is 1. The molecule has 2 heteroatoms. The van der Waals surface area contributed by atoms with Gasteiger partial charge in [-0.3, -0.25) is 0 Å². The number of rotatable bonds is 4. The number of benzene rings is 1. The van der Waals surface area contributed by atoms with E-state index in [1.165, 1.54) is 43.2 Å². The summed E-state index contributed by atoms with van der Waals surface area (Å²) in [7, 11) is 6.01. The molecule has 1 aliphatic rings. The third-order valence-corrected chi connectivity index (χ3v) is 3.80. The van der Waals surface area contributed by atoms with Crippen LogP contribution in [-0.2, 0) is 0 Å². The molecule has 104 valence electrons. The van der Waals surface area contributed by atoms with Crippen molar-refractivity contribution in [3.8, 4) is 5.75 Å². The highest BCUT2D eigenvalue weighted by molar-refractivity contribution is 5.70. The monoisotopic (exact) mass is 259 g/mol. The van der Waals surface area contributed by atoms with E-state index in [2.05, 4.69) is 43.3 Å². The van der Waals surface area contributed by atoms with Gasteiger partial charge in [-0.05, 0) is 63.0 Å². The summed E-state index contributed by atoms with van der Waals surface area (Å²) in [5, 5.41) is 0. The van der Waals surface area contributed by atoms with Crippen LogP contribution in [0.2, 0.25) is 0 Å². The summed E-state index contributed by atoms with van der Waals surface area (Å²) in [6, 6.07) is 8.52. The molecule has 0 heterocycles. The van der Waals surface area contributed by atoms with Crippen molar-refractivity contribution in [1.29, 1.82) is 0 Å². The number of hydrogen-bond donors (Lipinski definition) is 0. The molecule has 0 bridgehead atoms. The highest BCUT2D eigenvalue weighted by Gasteiger charge is 2.13. The Kier molecular flexibility index (Phi) is 5.03. The van der Waals surface area contributed by atoms with Gasteiger partial charge in [0.1, 0.15) is 5.75 Å². The summed E-state index contributed by atoms with van der Waals surface area (Å²) < 4.78 is 5.25. The predicted octanol–water partition coefficient (Wildman–Crippen LogP) is 3.97. The van der Waals surface area contributed by atoms with E-state index in [1.807, 2.05) is 0 Å². The smallest absolute Gasteiger partial charge is 0.118 e. The fraction of sp³-hybridized carbons (Fsp3) is 0.529. The molecule has 0 N–H and O–H groups in total. The number of methoxy groups -OCH3 is 1. The van der Waals surface area contributed by atoms with Gasteiger partial charge in [0.05, 0.1) is 7.11 Å². The summed E-state index contributed by atoms with van der Waals surface area (Å²) in [4.78, 5) is 2.27. The van der Waals surface area contributed by atoms with E-state index in [1.54, 1.807) is 12.7 Å². The molecule has 1 aromatic rings. The van der Waals surface area contributed by atoms with Crippen molar-refractivity contribution >= 4 is 5.57 Å². The van der Waals surface area contributed by atoms with Crippen molar-refractivity contribution in [3.63, 3.8) is 0 Å². The highest BCUT2D eigenvalue weighted by Crippen LogP contribution is 2.31. The second-order valence-corrected chi connectivity index (χ2v) is 5.61. The summed E-state index contributed by atoms with van der Waals surface area (Å²) in [6.45, 7) is 1.03. The van der Waals surface area contributed by atoms with Crippen LogP contribution >= 0.6 is 0 Å². The molecule has 19 heavy (non-hydrogen) atoms. The molecule has 1 aromatic carbocycles. The second-order valence-electron chi connectivity index (χ2n) is 5.61. The molecule has 0 aliphatic heterocycles.